The lowest BCUT2D eigenvalue weighted by Crippen LogP contribution is -2.43. The average molecular weight is 517 g/mol. The summed E-state index contributed by atoms with van der Waals surface area (Å²) in [6.07, 6.45) is 2.67. The Labute approximate surface area is 211 Å². The topological polar surface area (TPSA) is 111 Å². The highest BCUT2D eigenvalue weighted by atomic mass is 32.2. The van der Waals surface area contributed by atoms with E-state index in [0.29, 0.717) is 43.2 Å². The number of carbonyl (C=O) groups is 2. The monoisotopic (exact) mass is 516 g/mol. The number of sulfonamides is 1. The first-order chi connectivity index (χ1) is 17.2. The molecular weight excluding hydrogens is 484 g/mol. The fraction of sp³-hybridized carbons (Fsp3) is 0.462. The highest BCUT2D eigenvalue weighted by Crippen LogP contribution is 2.49. The van der Waals surface area contributed by atoms with Gasteiger partial charge in [0, 0.05) is 24.8 Å². The van der Waals surface area contributed by atoms with Gasteiger partial charge in [0.15, 0.2) is 11.5 Å². The van der Waals surface area contributed by atoms with Gasteiger partial charge < -0.3 is 19.5 Å². The van der Waals surface area contributed by atoms with Gasteiger partial charge in [-0.2, -0.15) is 4.31 Å². The van der Waals surface area contributed by atoms with Gasteiger partial charge in [0.2, 0.25) is 15.9 Å². The van der Waals surface area contributed by atoms with E-state index in [4.69, 9.17) is 14.2 Å². The maximum absolute atomic E-state index is 13.3. The van der Waals surface area contributed by atoms with Gasteiger partial charge in [-0.15, -0.1) is 0 Å². The minimum absolute atomic E-state index is 0.0898. The third-order valence-corrected chi connectivity index (χ3v) is 8.73. The molecule has 2 aromatic carbocycles. The van der Waals surface area contributed by atoms with Crippen molar-refractivity contribution in [3.63, 3.8) is 0 Å². The van der Waals surface area contributed by atoms with E-state index >= 15 is 0 Å². The van der Waals surface area contributed by atoms with Crippen molar-refractivity contribution in [1.29, 1.82) is 0 Å². The molecule has 1 atom stereocenters. The molecule has 1 N–H and O–H groups in total. The minimum atomic E-state index is -3.81. The van der Waals surface area contributed by atoms with Gasteiger partial charge in [-0.05, 0) is 62.4 Å². The van der Waals surface area contributed by atoms with Gasteiger partial charge in [-0.25, -0.2) is 8.42 Å². The lowest BCUT2D eigenvalue weighted by molar-refractivity contribution is -0.146. The van der Waals surface area contributed by atoms with Crippen molar-refractivity contribution in [2.75, 3.05) is 39.2 Å². The van der Waals surface area contributed by atoms with Crippen LogP contribution in [0.3, 0.4) is 0 Å². The number of rotatable bonds is 9. The Bertz CT molecular complexity index is 1220. The smallest absolute Gasteiger partial charge is 0.316 e. The zero-order valence-corrected chi connectivity index (χ0v) is 21.6. The van der Waals surface area contributed by atoms with Crippen LogP contribution in [0.5, 0.6) is 11.5 Å². The number of amides is 1. The molecular formula is C26H32N2O7S. The number of carbonyl (C=O) groups excluding carboxylic acids is 2. The van der Waals surface area contributed by atoms with E-state index in [2.05, 4.69) is 5.32 Å². The second kappa shape index (κ2) is 10.5. The molecule has 2 fully saturated rings. The normalized spacial score (nSPS) is 19.2. The van der Waals surface area contributed by atoms with Crippen molar-refractivity contribution in [2.45, 2.75) is 42.9 Å². The van der Waals surface area contributed by atoms with Gasteiger partial charge in [0.1, 0.15) is 0 Å². The molecule has 9 nitrogen and oxygen atoms in total. The number of nitrogens with zero attached hydrogens (tertiary/aromatic N) is 1. The molecule has 10 heteroatoms. The van der Waals surface area contributed by atoms with E-state index in [9.17, 15) is 18.0 Å². The first-order valence-electron chi connectivity index (χ1n) is 12.1. The molecule has 1 amide bonds. The quantitative estimate of drug-likeness (QED) is 0.509. The standard InChI is InChI=1S/C26H32N2O7S/c1-4-35-25(30)26(13-14-26)19-7-9-20(10-8-19)27-24(29)18-6-5-15-28(17-18)36(31,32)21-11-12-22(33-2)23(16-21)34-3/h7-12,16,18H,4-6,13-15,17H2,1-3H3,(H,27,29)/t18-/m0/s1. The zero-order chi connectivity index (χ0) is 25.9. The van der Waals surface area contributed by atoms with E-state index in [-0.39, 0.29) is 23.3 Å². The van der Waals surface area contributed by atoms with Gasteiger partial charge >= 0.3 is 5.97 Å². The Kier molecular flexibility index (Phi) is 7.56. The van der Waals surface area contributed by atoms with Crippen molar-refractivity contribution in [1.82, 2.24) is 4.31 Å². The minimum Gasteiger partial charge on any atom is -0.493 e. The molecule has 0 unspecified atom stereocenters. The van der Waals surface area contributed by atoms with Crippen LogP contribution in [-0.4, -0.2) is 58.5 Å². The fourth-order valence-electron chi connectivity index (χ4n) is 4.62. The van der Waals surface area contributed by atoms with Crippen LogP contribution in [-0.2, 0) is 29.8 Å². The molecule has 0 radical (unpaired) electrons. The third-order valence-electron chi connectivity index (χ3n) is 6.87. The molecule has 0 spiro atoms. The maximum atomic E-state index is 13.3. The van der Waals surface area contributed by atoms with E-state index in [1.54, 1.807) is 25.1 Å². The molecule has 36 heavy (non-hydrogen) atoms. The van der Waals surface area contributed by atoms with E-state index < -0.39 is 21.4 Å². The number of hydrogen-bond acceptors (Lipinski definition) is 7. The fourth-order valence-corrected chi connectivity index (χ4v) is 6.16. The number of methoxy groups -OCH3 is 2. The lowest BCUT2D eigenvalue weighted by Gasteiger charge is -2.31. The zero-order valence-electron chi connectivity index (χ0n) is 20.8. The molecule has 1 aliphatic carbocycles. The number of benzene rings is 2. The number of piperidine rings is 1. The van der Waals surface area contributed by atoms with Crippen LogP contribution in [0, 0.1) is 5.92 Å². The molecule has 0 bridgehead atoms. The number of nitrogens with one attached hydrogen (secondary N) is 1. The first kappa shape index (κ1) is 26.0. The molecule has 2 aromatic rings. The Morgan fingerprint density at radius 2 is 1.75 bits per heavy atom. The number of esters is 1. The number of anilines is 1. The summed E-state index contributed by atoms with van der Waals surface area (Å²) >= 11 is 0. The van der Waals surface area contributed by atoms with Crippen molar-refractivity contribution >= 4 is 27.6 Å². The second-order valence-corrected chi connectivity index (χ2v) is 11.0. The summed E-state index contributed by atoms with van der Waals surface area (Å²) in [4.78, 5) is 25.4. The Morgan fingerprint density at radius 1 is 1.06 bits per heavy atom. The van der Waals surface area contributed by atoms with Gasteiger partial charge in [0.05, 0.1) is 37.1 Å². The highest BCUT2D eigenvalue weighted by molar-refractivity contribution is 7.89. The Morgan fingerprint density at radius 3 is 2.36 bits per heavy atom. The summed E-state index contributed by atoms with van der Waals surface area (Å²) in [5.41, 5.74) is 0.910. The van der Waals surface area contributed by atoms with Crippen LogP contribution in [0.25, 0.3) is 0 Å². The predicted molar refractivity (Wildman–Crippen MR) is 134 cm³/mol. The largest absolute Gasteiger partial charge is 0.493 e. The molecule has 2 aliphatic rings. The Hall–Kier alpha value is -3.11. The predicted octanol–water partition coefficient (Wildman–Crippen LogP) is 3.34. The van der Waals surface area contributed by atoms with Crippen LogP contribution in [0.1, 0.15) is 38.2 Å². The summed E-state index contributed by atoms with van der Waals surface area (Å²) in [5, 5.41) is 2.90. The van der Waals surface area contributed by atoms with Gasteiger partial charge in [-0.1, -0.05) is 12.1 Å². The van der Waals surface area contributed by atoms with Gasteiger partial charge in [0.25, 0.3) is 0 Å². The Balaban J connectivity index is 1.42. The molecule has 1 saturated heterocycles. The maximum Gasteiger partial charge on any atom is 0.316 e. The molecule has 194 valence electrons. The number of hydrogen-bond donors (Lipinski definition) is 1. The van der Waals surface area contributed by atoms with Crippen molar-refractivity contribution < 1.29 is 32.2 Å². The summed E-state index contributed by atoms with van der Waals surface area (Å²) < 4.78 is 43.6. The van der Waals surface area contributed by atoms with Crippen molar-refractivity contribution in [3.05, 3.63) is 48.0 Å². The van der Waals surface area contributed by atoms with E-state index in [0.717, 1.165) is 18.4 Å². The van der Waals surface area contributed by atoms with Crippen molar-refractivity contribution in [3.8, 4) is 11.5 Å². The van der Waals surface area contributed by atoms with Crippen LogP contribution >= 0.6 is 0 Å². The van der Waals surface area contributed by atoms with Crippen LogP contribution in [0.2, 0.25) is 0 Å². The molecule has 1 heterocycles. The van der Waals surface area contributed by atoms with E-state index in [1.807, 2.05) is 12.1 Å². The van der Waals surface area contributed by atoms with Gasteiger partial charge in [-0.3, -0.25) is 9.59 Å². The third kappa shape index (κ3) is 5.05. The molecule has 1 saturated carbocycles. The molecule has 0 aromatic heterocycles. The summed E-state index contributed by atoms with van der Waals surface area (Å²) in [6.45, 7) is 2.56. The van der Waals surface area contributed by atoms with Crippen LogP contribution in [0.4, 0.5) is 5.69 Å². The van der Waals surface area contributed by atoms with Crippen LogP contribution in [0.15, 0.2) is 47.4 Å². The van der Waals surface area contributed by atoms with Crippen LogP contribution < -0.4 is 14.8 Å². The highest BCUT2D eigenvalue weighted by Gasteiger charge is 2.52. The summed E-state index contributed by atoms with van der Waals surface area (Å²) in [5.74, 6) is -0.165. The average Bonchev–Trinajstić information content (AvgIpc) is 3.71. The summed E-state index contributed by atoms with van der Waals surface area (Å²) in [7, 11) is -0.881. The van der Waals surface area contributed by atoms with Crippen molar-refractivity contribution in [2.24, 2.45) is 5.92 Å². The second-order valence-electron chi connectivity index (χ2n) is 9.09. The first-order valence-corrected chi connectivity index (χ1v) is 13.5. The molecule has 1 aliphatic heterocycles. The lowest BCUT2D eigenvalue weighted by atomic mass is 9.95. The summed E-state index contributed by atoms with van der Waals surface area (Å²) in [6, 6.07) is 11.7. The number of ether oxygens (including phenoxy) is 3. The molecule has 4 rings (SSSR count). The SMILES string of the molecule is CCOC(=O)C1(c2ccc(NC(=O)[C@H]3CCCN(S(=O)(=O)c4ccc(OC)c(OC)c4)C3)cc2)CC1. The van der Waals surface area contributed by atoms with E-state index in [1.165, 1.54) is 30.7 Å².